The summed E-state index contributed by atoms with van der Waals surface area (Å²) in [6.45, 7) is 0.460. The summed E-state index contributed by atoms with van der Waals surface area (Å²) in [6.07, 6.45) is 6.49. The number of carbonyl (C=O) groups is 1. The minimum atomic E-state index is -0.0650. The summed E-state index contributed by atoms with van der Waals surface area (Å²) < 4.78 is 5.09. The molecule has 0 atom stereocenters. The zero-order chi connectivity index (χ0) is 14.5. The molecule has 3 aromatic rings. The van der Waals surface area contributed by atoms with E-state index in [0.29, 0.717) is 12.1 Å². The lowest BCUT2D eigenvalue weighted by Crippen LogP contribution is -2.30. The largest absolute Gasteiger partial charge is 0.472 e. The van der Waals surface area contributed by atoms with E-state index < -0.39 is 0 Å². The maximum absolute atomic E-state index is 12.7. The van der Waals surface area contributed by atoms with Gasteiger partial charge in [-0.2, -0.15) is 0 Å². The van der Waals surface area contributed by atoms with Crippen LogP contribution in [0.4, 0.5) is 5.69 Å². The normalized spacial score (nSPS) is 10.3. The molecule has 0 aliphatic rings. The van der Waals surface area contributed by atoms with Crippen LogP contribution in [0, 0.1) is 0 Å². The summed E-state index contributed by atoms with van der Waals surface area (Å²) in [5.74, 6) is -0.0650. The number of pyridine rings is 1. The first-order valence-corrected chi connectivity index (χ1v) is 6.62. The maximum Gasteiger partial charge on any atom is 0.258 e. The second-order valence-electron chi connectivity index (χ2n) is 4.59. The minimum Gasteiger partial charge on any atom is -0.472 e. The Morgan fingerprint density at radius 3 is 2.48 bits per heavy atom. The van der Waals surface area contributed by atoms with Gasteiger partial charge in [-0.3, -0.25) is 9.78 Å². The Balaban J connectivity index is 1.94. The number of amides is 1. The summed E-state index contributed by atoms with van der Waals surface area (Å²) >= 11 is 0. The van der Waals surface area contributed by atoms with Crippen molar-refractivity contribution < 1.29 is 9.21 Å². The molecule has 0 N–H and O–H groups in total. The molecule has 0 aliphatic heterocycles. The van der Waals surface area contributed by atoms with Crippen molar-refractivity contribution in [1.29, 1.82) is 0 Å². The first kappa shape index (κ1) is 13.1. The van der Waals surface area contributed by atoms with Gasteiger partial charge in [0, 0.05) is 29.2 Å². The Hall–Kier alpha value is -2.88. The SMILES string of the molecule is O=C(c1ccncc1)N(Cc1ccoc1)c1ccccc1. The zero-order valence-electron chi connectivity index (χ0n) is 11.3. The van der Waals surface area contributed by atoms with Gasteiger partial charge in [-0.05, 0) is 30.3 Å². The first-order chi connectivity index (χ1) is 10.3. The van der Waals surface area contributed by atoms with Gasteiger partial charge in [-0.25, -0.2) is 0 Å². The first-order valence-electron chi connectivity index (χ1n) is 6.62. The number of hydrogen-bond acceptors (Lipinski definition) is 3. The van der Waals surface area contributed by atoms with Crippen molar-refractivity contribution in [3.63, 3.8) is 0 Å². The van der Waals surface area contributed by atoms with Crippen LogP contribution in [0.25, 0.3) is 0 Å². The van der Waals surface area contributed by atoms with Gasteiger partial charge in [0.1, 0.15) is 0 Å². The van der Waals surface area contributed by atoms with Crippen LogP contribution in [-0.2, 0) is 6.54 Å². The van der Waals surface area contributed by atoms with E-state index in [1.807, 2.05) is 36.4 Å². The average molecular weight is 278 g/mol. The van der Waals surface area contributed by atoms with E-state index in [-0.39, 0.29) is 5.91 Å². The third kappa shape index (κ3) is 3.00. The highest BCUT2D eigenvalue weighted by molar-refractivity contribution is 6.05. The minimum absolute atomic E-state index is 0.0650. The second kappa shape index (κ2) is 6.05. The van der Waals surface area contributed by atoms with Crippen LogP contribution in [0.3, 0.4) is 0 Å². The Morgan fingerprint density at radius 1 is 1.05 bits per heavy atom. The van der Waals surface area contributed by atoms with Gasteiger partial charge in [0.05, 0.1) is 19.1 Å². The lowest BCUT2D eigenvalue weighted by atomic mass is 10.2. The predicted molar refractivity (Wildman–Crippen MR) is 79.9 cm³/mol. The lowest BCUT2D eigenvalue weighted by Gasteiger charge is -2.22. The Kier molecular flexibility index (Phi) is 3.78. The number of aromatic nitrogens is 1. The standard InChI is InChI=1S/C17H14N2O2/c20-17(15-6-9-18-10-7-15)19(12-14-8-11-21-13-14)16-4-2-1-3-5-16/h1-11,13H,12H2. The van der Waals surface area contributed by atoms with E-state index in [9.17, 15) is 4.79 Å². The van der Waals surface area contributed by atoms with Crippen LogP contribution in [0.15, 0.2) is 77.9 Å². The van der Waals surface area contributed by atoms with Gasteiger partial charge in [-0.15, -0.1) is 0 Å². The molecule has 104 valence electrons. The molecule has 0 bridgehead atoms. The van der Waals surface area contributed by atoms with Gasteiger partial charge in [0.2, 0.25) is 0 Å². The van der Waals surface area contributed by atoms with Crippen LogP contribution in [0.5, 0.6) is 0 Å². The molecule has 0 saturated carbocycles. The quantitative estimate of drug-likeness (QED) is 0.733. The highest BCUT2D eigenvalue weighted by Crippen LogP contribution is 2.20. The van der Waals surface area contributed by atoms with Gasteiger partial charge in [0.25, 0.3) is 5.91 Å². The van der Waals surface area contributed by atoms with E-state index in [0.717, 1.165) is 11.3 Å². The Bertz CT molecular complexity index is 694. The second-order valence-corrected chi connectivity index (χ2v) is 4.59. The molecule has 0 aliphatic carbocycles. The van der Waals surface area contributed by atoms with E-state index >= 15 is 0 Å². The van der Waals surface area contributed by atoms with E-state index in [1.54, 1.807) is 42.0 Å². The number of anilines is 1. The fourth-order valence-corrected chi connectivity index (χ4v) is 2.10. The third-order valence-corrected chi connectivity index (χ3v) is 3.16. The molecule has 4 heteroatoms. The summed E-state index contributed by atoms with van der Waals surface area (Å²) in [5, 5.41) is 0. The molecule has 0 unspecified atom stereocenters. The highest BCUT2D eigenvalue weighted by atomic mass is 16.3. The monoisotopic (exact) mass is 278 g/mol. The van der Waals surface area contributed by atoms with Crippen molar-refractivity contribution in [2.75, 3.05) is 4.90 Å². The summed E-state index contributed by atoms with van der Waals surface area (Å²) in [4.78, 5) is 18.4. The van der Waals surface area contributed by atoms with Gasteiger partial charge < -0.3 is 9.32 Å². The van der Waals surface area contributed by atoms with E-state index in [4.69, 9.17) is 4.42 Å². The average Bonchev–Trinajstić information content (AvgIpc) is 3.07. The molecule has 0 radical (unpaired) electrons. The summed E-state index contributed by atoms with van der Waals surface area (Å²) in [5.41, 5.74) is 2.40. The fourth-order valence-electron chi connectivity index (χ4n) is 2.10. The molecule has 3 rings (SSSR count). The smallest absolute Gasteiger partial charge is 0.258 e. The number of benzene rings is 1. The molecule has 2 heterocycles. The van der Waals surface area contributed by atoms with Gasteiger partial charge >= 0.3 is 0 Å². The number of carbonyl (C=O) groups excluding carboxylic acids is 1. The molecule has 0 fully saturated rings. The highest BCUT2D eigenvalue weighted by Gasteiger charge is 2.18. The molecule has 0 spiro atoms. The summed E-state index contributed by atoms with van der Waals surface area (Å²) in [6, 6.07) is 14.9. The molecule has 1 aromatic carbocycles. The van der Waals surface area contributed by atoms with Gasteiger partial charge in [-0.1, -0.05) is 18.2 Å². The Labute approximate surface area is 122 Å². The zero-order valence-corrected chi connectivity index (χ0v) is 11.3. The van der Waals surface area contributed by atoms with Crippen molar-refractivity contribution >= 4 is 11.6 Å². The van der Waals surface area contributed by atoms with Gasteiger partial charge in [0.15, 0.2) is 0 Å². The predicted octanol–water partition coefficient (Wildman–Crippen LogP) is 3.52. The van der Waals surface area contributed by atoms with Crippen molar-refractivity contribution in [3.8, 4) is 0 Å². The number of rotatable bonds is 4. The molecule has 4 nitrogen and oxygen atoms in total. The number of nitrogens with zero attached hydrogens (tertiary/aromatic N) is 2. The van der Waals surface area contributed by atoms with Crippen molar-refractivity contribution in [2.24, 2.45) is 0 Å². The number of para-hydroxylation sites is 1. The molecular weight excluding hydrogens is 264 g/mol. The summed E-state index contributed by atoms with van der Waals surface area (Å²) in [7, 11) is 0. The number of furan rings is 1. The van der Waals surface area contributed by atoms with Crippen LogP contribution in [-0.4, -0.2) is 10.9 Å². The van der Waals surface area contributed by atoms with Crippen LogP contribution in [0.2, 0.25) is 0 Å². The molecular formula is C17H14N2O2. The van der Waals surface area contributed by atoms with E-state index in [2.05, 4.69) is 4.98 Å². The fraction of sp³-hybridized carbons (Fsp3) is 0.0588. The molecule has 21 heavy (non-hydrogen) atoms. The third-order valence-electron chi connectivity index (χ3n) is 3.16. The lowest BCUT2D eigenvalue weighted by molar-refractivity contribution is 0.0985. The van der Waals surface area contributed by atoms with Crippen LogP contribution < -0.4 is 4.90 Å². The van der Waals surface area contributed by atoms with Crippen molar-refractivity contribution in [3.05, 3.63) is 84.6 Å². The van der Waals surface area contributed by atoms with Crippen LogP contribution in [0.1, 0.15) is 15.9 Å². The topological polar surface area (TPSA) is 46.3 Å². The van der Waals surface area contributed by atoms with Crippen LogP contribution >= 0.6 is 0 Å². The number of hydrogen-bond donors (Lipinski definition) is 0. The Morgan fingerprint density at radius 2 is 1.81 bits per heavy atom. The molecule has 1 amide bonds. The maximum atomic E-state index is 12.7. The molecule has 0 saturated heterocycles. The van der Waals surface area contributed by atoms with Crippen molar-refractivity contribution in [1.82, 2.24) is 4.98 Å². The van der Waals surface area contributed by atoms with Crippen molar-refractivity contribution in [2.45, 2.75) is 6.54 Å². The van der Waals surface area contributed by atoms with E-state index in [1.165, 1.54) is 0 Å². The molecule has 2 aromatic heterocycles.